The molecule has 0 heterocycles. The fourth-order valence-corrected chi connectivity index (χ4v) is 4.61. The molecule has 2 saturated carbocycles. The summed E-state index contributed by atoms with van der Waals surface area (Å²) in [6.07, 6.45) is 1.72. The number of fused-ring (bicyclic) bond motifs is 2. The van der Waals surface area contributed by atoms with E-state index in [4.69, 9.17) is 4.74 Å². The maximum Gasteiger partial charge on any atom is 0.408 e. The van der Waals surface area contributed by atoms with E-state index in [0.29, 0.717) is 12.8 Å². The Hall–Kier alpha value is -2.83. The van der Waals surface area contributed by atoms with Crippen molar-refractivity contribution in [3.63, 3.8) is 0 Å². The number of carbonyl (C=O) groups excluding carboxylic acids is 1. The van der Waals surface area contributed by atoms with Gasteiger partial charge in [0, 0.05) is 5.92 Å². The van der Waals surface area contributed by atoms with Gasteiger partial charge in [-0.2, -0.15) is 0 Å². The Morgan fingerprint density at radius 3 is 2.50 bits per heavy atom. The van der Waals surface area contributed by atoms with E-state index in [-0.39, 0.29) is 18.4 Å². The van der Waals surface area contributed by atoms with Crippen LogP contribution >= 0.6 is 0 Å². The van der Waals surface area contributed by atoms with Crippen LogP contribution in [0.1, 0.15) is 18.4 Å². The SMILES string of the molecule is C=C[C@@H]1C[C@@H]2C[C@H]1[C@@](NC(=O)OCc1ccccc1)(C(=O)O)[C@@H]2C(=O)O. The molecule has 3 rings (SSSR count). The van der Waals surface area contributed by atoms with Gasteiger partial charge in [0.05, 0.1) is 5.92 Å². The second kappa shape index (κ2) is 6.82. The highest BCUT2D eigenvalue weighted by Gasteiger charge is 2.69. The van der Waals surface area contributed by atoms with E-state index in [1.807, 2.05) is 6.07 Å². The third-order valence-electron chi connectivity index (χ3n) is 5.64. The molecule has 1 aromatic rings. The van der Waals surface area contributed by atoms with Crippen LogP contribution in [-0.2, 0) is 20.9 Å². The van der Waals surface area contributed by atoms with Crippen LogP contribution in [0, 0.1) is 23.7 Å². The van der Waals surface area contributed by atoms with Crippen molar-refractivity contribution in [3.05, 3.63) is 48.6 Å². The highest BCUT2D eigenvalue weighted by atomic mass is 16.5. The number of allylic oxidation sites excluding steroid dienone is 1. The Labute approximate surface area is 150 Å². The van der Waals surface area contributed by atoms with Crippen molar-refractivity contribution in [3.8, 4) is 0 Å². The summed E-state index contributed by atoms with van der Waals surface area (Å²) in [6.45, 7) is 3.70. The van der Waals surface area contributed by atoms with Crippen LogP contribution in [0.25, 0.3) is 0 Å². The van der Waals surface area contributed by atoms with Crippen LogP contribution in [0.2, 0.25) is 0 Å². The molecule has 0 aromatic heterocycles. The van der Waals surface area contributed by atoms with Crippen molar-refractivity contribution in [2.45, 2.75) is 25.0 Å². The van der Waals surface area contributed by atoms with Crippen molar-refractivity contribution in [2.75, 3.05) is 0 Å². The van der Waals surface area contributed by atoms with Crippen LogP contribution in [0.15, 0.2) is 43.0 Å². The summed E-state index contributed by atoms with van der Waals surface area (Å²) >= 11 is 0. The smallest absolute Gasteiger partial charge is 0.408 e. The second-order valence-electron chi connectivity index (χ2n) is 6.91. The molecule has 1 aromatic carbocycles. The van der Waals surface area contributed by atoms with E-state index < -0.39 is 35.4 Å². The van der Waals surface area contributed by atoms with Gasteiger partial charge >= 0.3 is 18.0 Å². The van der Waals surface area contributed by atoms with Gasteiger partial charge in [-0.25, -0.2) is 9.59 Å². The number of rotatable bonds is 6. The molecule has 0 radical (unpaired) electrons. The average molecular weight is 359 g/mol. The van der Waals surface area contributed by atoms with Crippen LogP contribution in [0.4, 0.5) is 4.79 Å². The molecule has 2 bridgehead atoms. The number of nitrogens with one attached hydrogen (secondary N) is 1. The maximum atomic E-state index is 12.3. The predicted molar refractivity (Wildman–Crippen MR) is 91.2 cm³/mol. The zero-order valence-electron chi connectivity index (χ0n) is 14.1. The van der Waals surface area contributed by atoms with Crippen LogP contribution in [0.5, 0.6) is 0 Å². The Morgan fingerprint density at radius 1 is 1.23 bits per heavy atom. The summed E-state index contributed by atoms with van der Waals surface area (Å²) in [5.41, 5.74) is -1.14. The average Bonchev–Trinajstić information content (AvgIpc) is 3.17. The fourth-order valence-electron chi connectivity index (χ4n) is 4.61. The molecule has 5 atom stereocenters. The number of hydrogen-bond donors (Lipinski definition) is 3. The van der Waals surface area contributed by atoms with Crippen molar-refractivity contribution in [2.24, 2.45) is 23.7 Å². The van der Waals surface area contributed by atoms with Crippen molar-refractivity contribution in [1.82, 2.24) is 5.32 Å². The van der Waals surface area contributed by atoms with Crippen LogP contribution < -0.4 is 5.32 Å². The third kappa shape index (κ3) is 2.83. The zero-order chi connectivity index (χ0) is 18.9. The molecular weight excluding hydrogens is 338 g/mol. The second-order valence-corrected chi connectivity index (χ2v) is 6.91. The molecule has 7 nitrogen and oxygen atoms in total. The number of ether oxygens (including phenoxy) is 1. The largest absolute Gasteiger partial charge is 0.481 e. The zero-order valence-corrected chi connectivity index (χ0v) is 14.1. The lowest BCUT2D eigenvalue weighted by Gasteiger charge is -2.41. The first-order chi connectivity index (χ1) is 12.4. The molecule has 0 saturated heterocycles. The van der Waals surface area contributed by atoms with Gasteiger partial charge in [-0.15, -0.1) is 6.58 Å². The molecule has 2 fully saturated rings. The van der Waals surface area contributed by atoms with Gasteiger partial charge in [-0.05, 0) is 30.2 Å². The minimum Gasteiger partial charge on any atom is -0.481 e. The van der Waals surface area contributed by atoms with Crippen molar-refractivity contribution >= 4 is 18.0 Å². The number of alkyl carbamates (subject to hydrolysis) is 1. The van der Waals surface area contributed by atoms with Gasteiger partial charge in [-0.1, -0.05) is 36.4 Å². The lowest BCUT2D eigenvalue weighted by atomic mass is 9.68. The number of amides is 1. The van der Waals surface area contributed by atoms with Gasteiger partial charge in [0.15, 0.2) is 5.54 Å². The van der Waals surface area contributed by atoms with Crippen molar-refractivity contribution in [1.29, 1.82) is 0 Å². The highest BCUT2D eigenvalue weighted by molar-refractivity contribution is 5.92. The van der Waals surface area contributed by atoms with E-state index in [0.717, 1.165) is 5.56 Å². The Morgan fingerprint density at radius 2 is 1.92 bits per heavy atom. The molecule has 138 valence electrons. The number of aliphatic carboxylic acids is 2. The first kappa shape index (κ1) is 18.0. The number of benzene rings is 1. The van der Waals surface area contributed by atoms with Gasteiger partial charge in [0.1, 0.15) is 6.61 Å². The number of hydrogen-bond acceptors (Lipinski definition) is 4. The standard InChI is InChI=1S/C19H21NO6/c1-2-12-8-13-9-14(12)19(17(23)24,15(13)16(21)22)20-18(25)26-10-11-6-4-3-5-7-11/h2-7,12-15H,1,8-10H2,(H,20,25)(H,21,22)(H,23,24)/t12-,13-,14-,15+,19+/m1/s1. The van der Waals surface area contributed by atoms with Gasteiger partial charge < -0.3 is 20.3 Å². The Bertz CT molecular complexity index is 733. The molecule has 3 N–H and O–H groups in total. The molecule has 1 amide bonds. The quantitative estimate of drug-likeness (QED) is 0.672. The first-order valence-corrected chi connectivity index (χ1v) is 8.47. The lowest BCUT2D eigenvalue weighted by Crippen LogP contribution is -2.65. The molecule has 0 spiro atoms. The molecule has 2 aliphatic carbocycles. The maximum absolute atomic E-state index is 12.3. The van der Waals surface area contributed by atoms with E-state index in [9.17, 15) is 24.6 Å². The lowest BCUT2D eigenvalue weighted by molar-refractivity contribution is -0.161. The molecule has 0 aliphatic heterocycles. The Balaban J connectivity index is 1.82. The summed E-state index contributed by atoms with van der Waals surface area (Å²) in [7, 11) is 0. The predicted octanol–water partition coefficient (Wildman–Crippen LogP) is 2.28. The van der Waals surface area contributed by atoms with Crippen molar-refractivity contribution < 1.29 is 29.3 Å². The summed E-state index contributed by atoms with van der Waals surface area (Å²) in [5.74, 6) is -4.74. The topological polar surface area (TPSA) is 113 Å². The highest BCUT2D eigenvalue weighted by Crippen LogP contribution is 2.58. The third-order valence-corrected chi connectivity index (χ3v) is 5.64. The van der Waals surface area contributed by atoms with Crippen LogP contribution in [-0.4, -0.2) is 33.8 Å². The monoisotopic (exact) mass is 359 g/mol. The first-order valence-electron chi connectivity index (χ1n) is 8.47. The number of carboxylic acids is 2. The molecule has 7 heteroatoms. The van der Waals surface area contributed by atoms with E-state index in [1.54, 1.807) is 30.3 Å². The normalized spacial score (nSPS) is 32.0. The minimum absolute atomic E-state index is 0.0287. The number of carbonyl (C=O) groups is 3. The van der Waals surface area contributed by atoms with E-state index >= 15 is 0 Å². The van der Waals surface area contributed by atoms with E-state index in [2.05, 4.69) is 11.9 Å². The van der Waals surface area contributed by atoms with E-state index in [1.165, 1.54) is 0 Å². The van der Waals surface area contributed by atoms with Gasteiger partial charge in [0.25, 0.3) is 0 Å². The summed E-state index contributed by atoms with van der Waals surface area (Å²) in [5, 5.41) is 21.9. The summed E-state index contributed by atoms with van der Waals surface area (Å²) in [6, 6.07) is 8.95. The minimum atomic E-state index is -1.89. The van der Waals surface area contributed by atoms with Gasteiger partial charge in [-0.3, -0.25) is 4.79 Å². The summed E-state index contributed by atoms with van der Waals surface area (Å²) in [4.78, 5) is 36.2. The Kier molecular flexibility index (Phi) is 4.71. The van der Waals surface area contributed by atoms with Gasteiger partial charge in [0.2, 0.25) is 0 Å². The molecule has 26 heavy (non-hydrogen) atoms. The molecular formula is C19H21NO6. The molecule has 0 unspecified atom stereocenters. The molecule has 2 aliphatic rings. The fraction of sp³-hybridized carbons (Fsp3) is 0.421. The van der Waals surface area contributed by atoms with Crippen LogP contribution in [0.3, 0.4) is 0 Å². The number of carboxylic acid groups (broad SMARTS) is 2. The summed E-state index contributed by atoms with van der Waals surface area (Å²) < 4.78 is 5.14.